The van der Waals surface area contributed by atoms with Gasteiger partial charge in [0.1, 0.15) is 5.82 Å². The van der Waals surface area contributed by atoms with Crippen LogP contribution in [0.25, 0.3) is 0 Å². The van der Waals surface area contributed by atoms with Crippen LogP contribution in [0.5, 0.6) is 0 Å². The standard InChI is InChI=1S/C18H29FN4S/c1-20-18(22-13-15-5-3-11-23(2)14-15)21-10-4-12-24-17-8-6-16(19)7-9-17/h6-9,15H,3-5,10-14H2,1-2H3,(H2,20,21,22). The van der Waals surface area contributed by atoms with Crippen molar-refractivity contribution in [2.45, 2.75) is 24.2 Å². The highest BCUT2D eigenvalue weighted by Gasteiger charge is 2.17. The number of aliphatic imine (C=N–C) groups is 1. The van der Waals surface area contributed by atoms with Crippen molar-refractivity contribution in [3.63, 3.8) is 0 Å². The van der Waals surface area contributed by atoms with Crippen molar-refractivity contribution < 1.29 is 4.39 Å². The first-order valence-corrected chi connectivity index (χ1v) is 9.67. The molecule has 1 saturated heterocycles. The van der Waals surface area contributed by atoms with Gasteiger partial charge in [0.2, 0.25) is 0 Å². The second-order valence-electron chi connectivity index (χ2n) is 6.31. The fraction of sp³-hybridized carbons (Fsp3) is 0.611. The van der Waals surface area contributed by atoms with Gasteiger partial charge in [-0.05, 0) is 68.8 Å². The first kappa shape index (κ1) is 19.1. The number of piperidine rings is 1. The maximum atomic E-state index is 12.8. The minimum Gasteiger partial charge on any atom is -0.356 e. The Bertz CT molecular complexity index is 506. The zero-order valence-corrected chi connectivity index (χ0v) is 15.5. The molecule has 1 fully saturated rings. The number of benzene rings is 1. The molecule has 0 aromatic heterocycles. The lowest BCUT2D eigenvalue weighted by Gasteiger charge is -2.30. The monoisotopic (exact) mass is 352 g/mol. The molecule has 1 atom stereocenters. The largest absolute Gasteiger partial charge is 0.356 e. The minimum atomic E-state index is -0.181. The van der Waals surface area contributed by atoms with Crippen molar-refractivity contribution in [2.75, 3.05) is 46.0 Å². The van der Waals surface area contributed by atoms with Gasteiger partial charge >= 0.3 is 0 Å². The highest BCUT2D eigenvalue weighted by atomic mass is 32.2. The first-order chi connectivity index (χ1) is 11.7. The second-order valence-corrected chi connectivity index (χ2v) is 7.47. The summed E-state index contributed by atoms with van der Waals surface area (Å²) in [6.07, 6.45) is 3.62. The number of nitrogens with zero attached hydrogens (tertiary/aromatic N) is 2. The molecule has 4 nitrogen and oxygen atoms in total. The minimum absolute atomic E-state index is 0.181. The van der Waals surface area contributed by atoms with Gasteiger partial charge in [-0.3, -0.25) is 4.99 Å². The third kappa shape index (κ3) is 7.09. The van der Waals surface area contributed by atoms with Gasteiger partial charge in [-0.1, -0.05) is 0 Å². The first-order valence-electron chi connectivity index (χ1n) is 8.69. The molecular weight excluding hydrogens is 323 g/mol. The van der Waals surface area contributed by atoms with E-state index in [9.17, 15) is 4.39 Å². The Morgan fingerprint density at radius 2 is 2.12 bits per heavy atom. The van der Waals surface area contributed by atoms with Gasteiger partial charge in [0, 0.05) is 31.6 Å². The average Bonchev–Trinajstić information content (AvgIpc) is 2.59. The van der Waals surface area contributed by atoms with E-state index in [1.54, 1.807) is 11.8 Å². The topological polar surface area (TPSA) is 39.7 Å². The van der Waals surface area contributed by atoms with E-state index in [1.807, 2.05) is 19.2 Å². The van der Waals surface area contributed by atoms with Gasteiger partial charge < -0.3 is 15.5 Å². The number of rotatable bonds is 7. The van der Waals surface area contributed by atoms with Crippen molar-refractivity contribution in [3.8, 4) is 0 Å². The summed E-state index contributed by atoms with van der Waals surface area (Å²) in [6.45, 7) is 4.25. The molecule has 1 aromatic rings. The predicted molar refractivity (Wildman–Crippen MR) is 101 cm³/mol. The zero-order valence-electron chi connectivity index (χ0n) is 14.7. The fourth-order valence-corrected chi connectivity index (χ4v) is 3.75. The lowest BCUT2D eigenvalue weighted by Crippen LogP contribution is -2.43. The summed E-state index contributed by atoms with van der Waals surface area (Å²) in [7, 11) is 4.01. The predicted octanol–water partition coefficient (Wildman–Crippen LogP) is 2.81. The number of guanidine groups is 1. The Morgan fingerprint density at radius 1 is 1.33 bits per heavy atom. The lowest BCUT2D eigenvalue weighted by molar-refractivity contribution is 0.210. The van der Waals surface area contributed by atoms with Crippen molar-refractivity contribution in [3.05, 3.63) is 30.1 Å². The molecule has 0 saturated carbocycles. The molecule has 2 N–H and O–H groups in total. The van der Waals surface area contributed by atoms with E-state index in [4.69, 9.17) is 0 Å². The Labute approximate surface area is 149 Å². The second kappa shape index (κ2) is 10.6. The number of halogens is 1. The molecule has 2 rings (SSSR count). The molecule has 24 heavy (non-hydrogen) atoms. The summed E-state index contributed by atoms with van der Waals surface area (Å²) in [5.41, 5.74) is 0. The molecule has 0 amide bonds. The molecule has 1 aliphatic heterocycles. The van der Waals surface area contributed by atoms with Crippen molar-refractivity contribution >= 4 is 17.7 Å². The molecular formula is C18H29FN4S. The van der Waals surface area contributed by atoms with E-state index >= 15 is 0 Å². The van der Waals surface area contributed by atoms with Gasteiger partial charge in [-0.25, -0.2) is 4.39 Å². The third-order valence-electron chi connectivity index (χ3n) is 4.20. The number of hydrogen-bond acceptors (Lipinski definition) is 3. The molecule has 0 aliphatic carbocycles. The van der Waals surface area contributed by atoms with Crippen LogP contribution >= 0.6 is 11.8 Å². The highest BCUT2D eigenvalue weighted by Crippen LogP contribution is 2.18. The smallest absolute Gasteiger partial charge is 0.190 e. The van der Waals surface area contributed by atoms with Crippen LogP contribution in [0.2, 0.25) is 0 Å². The average molecular weight is 353 g/mol. The van der Waals surface area contributed by atoms with E-state index in [0.717, 1.165) is 42.7 Å². The van der Waals surface area contributed by atoms with E-state index in [1.165, 1.54) is 31.5 Å². The summed E-state index contributed by atoms with van der Waals surface area (Å²) >= 11 is 1.75. The van der Waals surface area contributed by atoms with Crippen LogP contribution in [-0.4, -0.2) is 56.9 Å². The Kier molecular flexibility index (Phi) is 8.39. The van der Waals surface area contributed by atoms with Crippen LogP contribution in [0.4, 0.5) is 4.39 Å². The summed E-state index contributed by atoms with van der Waals surface area (Å²) in [6, 6.07) is 6.67. The van der Waals surface area contributed by atoms with Crippen LogP contribution in [0.3, 0.4) is 0 Å². The number of hydrogen-bond donors (Lipinski definition) is 2. The quantitative estimate of drug-likeness (QED) is 0.343. The van der Waals surface area contributed by atoms with Gasteiger partial charge in [0.05, 0.1) is 0 Å². The molecule has 1 aromatic carbocycles. The van der Waals surface area contributed by atoms with Crippen LogP contribution in [-0.2, 0) is 0 Å². The summed E-state index contributed by atoms with van der Waals surface area (Å²) < 4.78 is 12.8. The Balaban J connectivity index is 1.57. The van der Waals surface area contributed by atoms with Crippen LogP contribution in [0.15, 0.2) is 34.2 Å². The van der Waals surface area contributed by atoms with Gasteiger partial charge in [-0.2, -0.15) is 0 Å². The summed E-state index contributed by atoms with van der Waals surface area (Å²) in [5, 5.41) is 6.81. The molecule has 1 aliphatic rings. The summed E-state index contributed by atoms with van der Waals surface area (Å²) in [4.78, 5) is 7.80. The van der Waals surface area contributed by atoms with E-state index in [-0.39, 0.29) is 5.82 Å². The maximum Gasteiger partial charge on any atom is 0.190 e. The highest BCUT2D eigenvalue weighted by molar-refractivity contribution is 7.99. The lowest BCUT2D eigenvalue weighted by atomic mass is 9.99. The third-order valence-corrected chi connectivity index (χ3v) is 5.30. The van der Waals surface area contributed by atoms with Gasteiger partial charge in [0.25, 0.3) is 0 Å². The van der Waals surface area contributed by atoms with Crippen molar-refractivity contribution in [1.29, 1.82) is 0 Å². The molecule has 0 radical (unpaired) electrons. The Hall–Kier alpha value is -1.27. The molecule has 134 valence electrons. The zero-order chi connectivity index (χ0) is 17.2. The van der Waals surface area contributed by atoms with E-state index in [0.29, 0.717) is 5.92 Å². The molecule has 6 heteroatoms. The molecule has 0 spiro atoms. The van der Waals surface area contributed by atoms with Gasteiger partial charge in [0.15, 0.2) is 5.96 Å². The van der Waals surface area contributed by atoms with Crippen molar-refractivity contribution in [2.24, 2.45) is 10.9 Å². The fourth-order valence-electron chi connectivity index (χ4n) is 2.90. The number of likely N-dealkylation sites (tertiary alicyclic amines) is 1. The summed E-state index contributed by atoms with van der Waals surface area (Å²) in [5.74, 6) is 2.41. The number of thioether (sulfide) groups is 1. The van der Waals surface area contributed by atoms with E-state index < -0.39 is 0 Å². The molecule has 1 heterocycles. The number of nitrogens with one attached hydrogen (secondary N) is 2. The van der Waals surface area contributed by atoms with Crippen molar-refractivity contribution in [1.82, 2.24) is 15.5 Å². The van der Waals surface area contributed by atoms with Crippen LogP contribution in [0.1, 0.15) is 19.3 Å². The molecule has 1 unspecified atom stereocenters. The van der Waals surface area contributed by atoms with Gasteiger partial charge in [-0.15, -0.1) is 11.8 Å². The Morgan fingerprint density at radius 3 is 2.83 bits per heavy atom. The van der Waals surface area contributed by atoms with Crippen LogP contribution < -0.4 is 10.6 Å². The van der Waals surface area contributed by atoms with E-state index in [2.05, 4.69) is 27.6 Å². The maximum absolute atomic E-state index is 12.8. The normalized spacial score (nSPS) is 19.3. The molecule has 0 bridgehead atoms. The van der Waals surface area contributed by atoms with Crippen LogP contribution in [0, 0.1) is 11.7 Å². The SMILES string of the molecule is CN=C(NCCCSc1ccc(F)cc1)NCC1CCCN(C)C1.